The smallest absolute Gasteiger partial charge is 0.177 e. The molecular formula is C8H8ClN3O. The third-order valence-electron chi connectivity index (χ3n) is 1.31. The summed E-state index contributed by atoms with van der Waals surface area (Å²) in [6.07, 6.45) is 8.00. The summed E-state index contributed by atoms with van der Waals surface area (Å²) >= 11 is 5.83. The molecular weight excluding hydrogens is 190 g/mol. The van der Waals surface area contributed by atoms with Crippen LogP contribution in [0.3, 0.4) is 0 Å². The zero-order chi connectivity index (χ0) is 9.68. The molecule has 0 radical (unpaired) electrons. The average Bonchev–Trinajstić information content (AvgIpc) is 2.43. The lowest BCUT2D eigenvalue weighted by Crippen LogP contribution is -1.89. The first-order valence-electron chi connectivity index (χ1n) is 3.52. The van der Waals surface area contributed by atoms with Crippen LogP contribution in [-0.2, 0) is 11.9 Å². The Morgan fingerprint density at radius 2 is 2.69 bits per heavy atom. The number of oxime groups is 1. The van der Waals surface area contributed by atoms with Crippen molar-refractivity contribution in [2.45, 2.75) is 0 Å². The molecule has 0 aromatic carbocycles. The van der Waals surface area contributed by atoms with Crippen LogP contribution in [0.25, 0.3) is 0 Å². The maximum Gasteiger partial charge on any atom is 0.177 e. The molecule has 0 saturated carbocycles. The van der Waals surface area contributed by atoms with Gasteiger partial charge >= 0.3 is 0 Å². The third-order valence-corrected chi connectivity index (χ3v) is 1.77. The molecule has 4 nitrogen and oxygen atoms in total. The molecule has 0 saturated heterocycles. The van der Waals surface area contributed by atoms with E-state index in [1.165, 1.54) is 10.9 Å². The summed E-state index contributed by atoms with van der Waals surface area (Å²) in [6.45, 7) is 0.147. The van der Waals surface area contributed by atoms with E-state index in [1.54, 1.807) is 13.2 Å². The Hall–Kier alpha value is -1.47. The first-order valence-corrected chi connectivity index (χ1v) is 3.89. The van der Waals surface area contributed by atoms with Gasteiger partial charge in [0, 0.05) is 7.05 Å². The first kappa shape index (κ1) is 9.62. The highest BCUT2D eigenvalue weighted by Gasteiger charge is 2.01. The monoisotopic (exact) mass is 197 g/mol. The van der Waals surface area contributed by atoms with E-state index in [2.05, 4.69) is 21.0 Å². The molecule has 0 spiro atoms. The Morgan fingerprint density at radius 3 is 3.23 bits per heavy atom. The summed E-state index contributed by atoms with van der Waals surface area (Å²) in [4.78, 5) is 4.69. The normalized spacial score (nSPS) is 10.2. The Bertz CT molecular complexity index is 351. The van der Waals surface area contributed by atoms with Gasteiger partial charge in [-0.25, -0.2) is 0 Å². The Kier molecular flexibility index (Phi) is 3.35. The van der Waals surface area contributed by atoms with Crippen molar-refractivity contribution < 1.29 is 4.84 Å². The SMILES string of the molecule is C#CCO/N=C/c1cnn(C)c1Cl. The van der Waals surface area contributed by atoms with Gasteiger partial charge in [-0.2, -0.15) is 5.10 Å². The molecule has 0 aliphatic rings. The molecule has 68 valence electrons. The Balaban J connectivity index is 2.59. The predicted molar refractivity (Wildman–Crippen MR) is 50.6 cm³/mol. The maximum absolute atomic E-state index is 5.83. The Morgan fingerprint density at radius 1 is 1.92 bits per heavy atom. The highest BCUT2D eigenvalue weighted by molar-refractivity contribution is 6.32. The quantitative estimate of drug-likeness (QED) is 0.315. The highest BCUT2D eigenvalue weighted by Crippen LogP contribution is 2.10. The van der Waals surface area contributed by atoms with E-state index in [0.717, 1.165) is 0 Å². The van der Waals surface area contributed by atoms with Crippen molar-refractivity contribution in [3.63, 3.8) is 0 Å². The minimum atomic E-state index is 0.147. The Labute approximate surface area is 81.1 Å². The summed E-state index contributed by atoms with van der Waals surface area (Å²) in [5.41, 5.74) is 0.696. The van der Waals surface area contributed by atoms with Crippen LogP contribution in [0.15, 0.2) is 11.4 Å². The molecule has 0 atom stereocenters. The fourth-order valence-corrected chi connectivity index (χ4v) is 0.836. The molecule has 0 amide bonds. The topological polar surface area (TPSA) is 39.4 Å². The van der Waals surface area contributed by atoms with E-state index < -0.39 is 0 Å². The zero-order valence-electron chi connectivity index (χ0n) is 7.07. The fraction of sp³-hybridized carbons (Fsp3) is 0.250. The van der Waals surface area contributed by atoms with Gasteiger partial charge in [0.1, 0.15) is 5.15 Å². The molecule has 0 bridgehead atoms. The van der Waals surface area contributed by atoms with Crippen LogP contribution in [-0.4, -0.2) is 22.6 Å². The van der Waals surface area contributed by atoms with E-state index in [1.807, 2.05) is 0 Å². The van der Waals surface area contributed by atoms with Gasteiger partial charge in [0.15, 0.2) is 6.61 Å². The lowest BCUT2D eigenvalue weighted by atomic mass is 10.4. The van der Waals surface area contributed by atoms with Crippen molar-refractivity contribution in [2.24, 2.45) is 12.2 Å². The van der Waals surface area contributed by atoms with E-state index >= 15 is 0 Å². The first-order chi connectivity index (χ1) is 6.25. The average molecular weight is 198 g/mol. The number of rotatable bonds is 3. The van der Waals surface area contributed by atoms with Gasteiger partial charge in [-0.05, 0) is 0 Å². The van der Waals surface area contributed by atoms with Gasteiger partial charge in [-0.15, -0.1) is 6.42 Å². The molecule has 0 aliphatic heterocycles. The second-order valence-electron chi connectivity index (χ2n) is 2.23. The van der Waals surface area contributed by atoms with E-state index in [0.29, 0.717) is 10.7 Å². The highest BCUT2D eigenvalue weighted by atomic mass is 35.5. The van der Waals surface area contributed by atoms with Crippen LogP contribution in [0.5, 0.6) is 0 Å². The summed E-state index contributed by atoms with van der Waals surface area (Å²) in [6, 6.07) is 0. The van der Waals surface area contributed by atoms with Crippen LogP contribution < -0.4 is 0 Å². The lowest BCUT2D eigenvalue weighted by molar-refractivity contribution is 0.181. The van der Waals surface area contributed by atoms with Crippen LogP contribution in [0, 0.1) is 12.3 Å². The van der Waals surface area contributed by atoms with E-state index in [9.17, 15) is 0 Å². The van der Waals surface area contributed by atoms with Gasteiger partial charge in [0.05, 0.1) is 18.0 Å². The lowest BCUT2D eigenvalue weighted by Gasteiger charge is -1.91. The molecule has 0 N–H and O–H groups in total. The number of hydrogen-bond acceptors (Lipinski definition) is 3. The van der Waals surface area contributed by atoms with Crippen molar-refractivity contribution in [3.05, 3.63) is 16.9 Å². The molecule has 0 aliphatic carbocycles. The van der Waals surface area contributed by atoms with Gasteiger partial charge < -0.3 is 4.84 Å². The molecule has 5 heteroatoms. The minimum Gasteiger partial charge on any atom is -0.383 e. The van der Waals surface area contributed by atoms with Crippen LogP contribution in [0.1, 0.15) is 5.56 Å². The minimum absolute atomic E-state index is 0.147. The predicted octanol–water partition coefficient (Wildman–Crippen LogP) is 1.06. The van der Waals surface area contributed by atoms with Gasteiger partial charge in [-0.3, -0.25) is 4.68 Å². The van der Waals surface area contributed by atoms with Gasteiger partial charge in [-0.1, -0.05) is 22.7 Å². The number of terminal acetylenes is 1. The van der Waals surface area contributed by atoms with Crippen molar-refractivity contribution in [3.8, 4) is 12.3 Å². The molecule has 1 aromatic rings. The largest absolute Gasteiger partial charge is 0.383 e. The van der Waals surface area contributed by atoms with Crippen molar-refractivity contribution in [1.29, 1.82) is 0 Å². The molecule has 13 heavy (non-hydrogen) atoms. The molecule has 1 rings (SSSR count). The molecule has 0 fully saturated rings. The van der Waals surface area contributed by atoms with Gasteiger partial charge in [0.2, 0.25) is 0 Å². The summed E-state index contributed by atoms with van der Waals surface area (Å²) in [5, 5.41) is 8.02. The fourth-order valence-electron chi connectivity index (χ4n) is 0.695. The number of hydrogen-bond donors (Lipinski definition) is 0. The number of halogens is 1. The molecule has 0 unspecified atom stereocenters. The van der Waals surface area contributed by atoms with Crippen molar-refractivity contribution in [1.82, 2.24) is 9.78 Å². The maximum atomic E-state index is 5.83. The summed E-state index contributed by atoms with van der Waals surface area (Å²) in [5.74, 6) is 2.28. The van der Waals surface area contributed by atoms with Crippen molar-refractivity contribution >= 4 is 17.8 Å². The zero-order valence-corrected chi connectivity index (χ0v) is 7.82. The summed E-state index contributed by atoms with van der Waals surface area (Å²) in [7, 11) is 1.74. The van der Waals surface area contributed by atoms with Crippen LogP contribution in [0.4, 0.5) is 0 Å². The second kappa shape index (κ2) is 4.53. The van der Waals surface area contributed by atoms with Gasteiger partial charge in [0.25, 0.3) is 0 Å². The van der Waals surface area contributed by atoms with Crippen molar-refractivity contribution in [2.75, 3.05) is 6.61 Å². The molecule has 1 aromatic heterocycles. The third kappa shape index (κ3) is 2.49. The van der Waals surface area contributed by atoms with E-state index in [-0.39, 0.29) is 6.61 Å². The number of nitrogens with zero attached hydrogens (tertiary/aromatic N) is 3. The van der Waals surface area contributed by atoms with Crippen LogP contribution >= 0.6 is 11.6 Å². The number of aryl methyl sites for hydroxylation is 1. The van der Waals surface area contributed by atoms with Crippen LogP contribution in [0.2, 0.25) is 5.15 Å². The standard InChI is InChI=1S/C8H8ClN3O/c1-3-4-13-11-6-7-5-10-12(2)8(7)9/h1,5-6H,4H2,2H3/b11-6+. The number of aromatic nitrogens is 2. The molecule has 1 heterocycles. The van der Waals surface area contributed by atoms with E-state index in [4.69, 9.17) is 18.0 Å². The second-order valence-corrected chi connectivity index (χ2v) is 2.58. The summed E-state index contributed by atoms with van der Waals surface area (Å²) < 4.78 is 1.53.